The highest BCUT2D eigenvalue weighted by Gasteiger charge is 2.19. The molecule has 0 saturated heterocycles. The molecule has 0 aliphatic carbocycles. The number of halogens is 1. The molecule has 1 amide bonds. The van der Waals surface area contributed by atoms with Crippen LogP contribution in [0.2, 0.25) is 0 Å². The number of carbonyl (C=O) groups excluding carboxylic acids is 1. The van der Waals surface area contributed by atoms with E-state index in [1.54, 1.807) is 30.7 Å². The van der Waals surface area contributed by atoms with Crippen LogP contribution in [0.1, 0.15) is 43.3 Å². The van der Waals surface area contributed by atoms with Gasteiger partial charge in [0, 0.05) is 23.8 Å². The summed E-state index contributed by atoms with van der Waals surface area (Å²) >= 11 is 1.51. The maximum absolute atomic E-state index is 13.1. The Morgan fingerprint density at radius 1 is 1.21 bits per heavy atom. The summed E-state index contributed by atoms with van der Waals surface area (Å²) in [6.07, 6.45) is 4.99. The number of nitrogens with zero attached hydrogens (tertiary/aromatic N) is 2. The molecule has 0 radical (unpaired) electrons. The lowest BCUT2D eigenvalue weighted by Crippen LogP contribution is -2.33. The van der Waals surface area contributed by atoms with Crippen molar-refractivity contribution in [2.24, 2.45) is 5.92 Å². The van der Waals surface area contributed by atoms with E-state index < -0.39 is 0 Å². The number of thioether (sulfide) groups is 1. The van der Waals surface area contributed by atoms with Crippen LogP contribution >= 0.6 is 11.8 Å². The van der Waals surface area contributed by atoms with Crippen LogP contribution in [0.4, 0.5) is 4.39 Å². The quantitative estimate of drug-likeness (QED) is 0.825. The molecule has 2 atom stereocenters. The fourth-order valence-electron chi connectivity index (χ4n) is 2.33. The van der Waals surface area contributed by atoms with Crippen LogP contribution < -0.4 is 5.32 Å². The summed E-state index contributed by atoms with van der Waals surface area (Å²) in [4.78, 5) is 20.6. The number of amides is 1. The number of nitrogens with one attached hydrogen (secondary N) is 1. The van der Waals surface area contributed by atoms with Gasteiger partial charge in [0.15, 0.2) is 0 Å². The van der Waals surface area contributed by atoms with Gasteiger partial charge in [-0.15, -0.1) is 11.8 Å². The first-order valence-electron chi connectivity index (χ1n) is 7.89. The van der Waals surface area contributed by atoms with Gasteiger partial charge in [-0.05, 0) is 30.5 Å². The molecule has 1 aromatic heterocycles. The van der Waals surface area contributed by atoms with Crippen molar-refractivity contribution in [2.75, 3.05) is 5.75 Å². The molecule has 2 unspecified atom stereocenters. The van der Waals surface area contributed by atoms with Gasteiger partial charge in [-0.3, -0.25) is 14.8 Å². The predicted molar refractivity (Wildman–Crippen MR) is 95.0 cm³/mol. The van der Waals surface area contributed by atoms with Crippen LogP contribution in [0.5, 0.6) is 0 Å². The van der Waals surface area contributed by atoms with E-state index in [2.05, 4.69) is 15.3 Å². The van der Waals surface area contributed by atoms with Gasteiger partial charge in [0.2, 0.25) is 5.91 Å². The third kappa shape index (κ3) is 5.30. The summed E-state index contributed by atoms with van der Waals surface area (Å²) in [5, 5.41) is 3.13. The summed E-state index contributed by atoms with van der Waals surface area (Å²) in [5.41, 5.74) is 1.76. The maximum atomic E-state index is 13.1. The van der Waals surface area contributed by atoms with Gasteiger partial charge in [0.25, 0.3) is 0 Å². The summed E-state index contributed by atoms with van der Waals surface area (Å²) in [6.45, 7) is 6.06. The number of aromatic nitrogens is 2. The number of hydrogen-bond acceptors (Lipinski definition) is 4. The second-order valence-electron chi connectivity index (χ2n) is 5.92. The molecule has 2 rings (SSSR count). The molecule has 24 heavy (non-hydrogen) atoms. The van der Waals surface area contributed by atoms with Crippen molar-refractivity contribution >= 4 is 17.7 Å². The Morgan fingerprint density at radius 3 is 2.50 bits per heavy atom. The number of rotatable bonds is 7. The van der Waals surface area contributed by atoms with E-state index in [0.717, 1.165) is 11.3 Å². The van der Waals surface area contributed by atoms with Gasteiger partial charge >= 0.3 is 0 Å². The minimum atomic E-state index is -0.277. The molecule has 128 valence electrons. The van der Waals surface area contributed by atoms with Crippen LogP contribution in [-0.4, -0.2) is 21.6 Å². The van der Waals surface area contributed by atoms with Crippen molar-refractivity contribution in [1.29, 1.82) is 0 Å². The molecule has 6 heteroatoms. The molecule has 0 aliphatic rings. The van der Waals surface area contributed by atoms with E-state index in [1.165, 1.54) is 23.9 Å². The smallest absolute Gasteiger partial charge is 0.230 e. The van der Waals surface area contributed by atoms with Crippen molar-refractivity contribution in [1.82, 2.24) is 15.3 Å². The third-order valence-corrected chi connectivity index (χ3v) is 4.85. The Kier molecular flexibility index (Phi) is 6.73. The van der Waals surface area contributed by atoms with E-state index in [4.69, 9.17) is 0 Å². The molecule has 1 heterocycles. The Balaban J connectivity index is 1.92. The highest BCUT2D eigenvalue weighted by Crippen LogP contribution is 2.26. The number of carbonyl (C=O) groups is 1. The van der Waals surface area contributed by atoms with Gasteiger partial charge in [-0.2, -0.15) is 0 Å². The second-order valence-corrected chi connectivity index (χ2v) is 7.25. The van der Waals surface area contributed by atoms with Crippen molar-refractivity contribution in [3.8, 4) is 0 Å². The predicted octanol–water partition coefficient (Wildman–Crippen LogP) is 3.92. The standard InChI is InChI=1S/C18H22FN3OS/c1-12(2)18(14-4-6-15(19)7-5-14)22-17(23)11-24-13(3)16-10-20-8-9-21-16/h4-10,12-13,18H,11H2,1-3H3,(H,22,23). The van der Waals surface area contributed by atoms with E-state index in [0.29, 0.717) is 5.75 Å². The zero-order valence-electron chi connectivity index (χ0n) is 14.1. The minimum absolute atomic E-state index is 0.0428. The van der Waals surface area contributed by atoms with Crippen LogP contribution in [0.25, 0.3) is 0 Å². The molecule has 1 N–H and O–H groups in total. The third-order valence-electron chi connectivity index (χ3n) is 3.68. The zero-order valence-corrected chi connectivity index (χ0v) is 14.9. The summed E-state index contributed by atoms with van der Waals surface area (Å²) in [7, 11) is 0. The fraction of sp³-hybridized carbons (Fsp3) is 0.389. The average Bonchev–Trinajstić information content (AvgIpc) is 2.59. The van der Waals surface area contributed by atoms with Crippen LogP contribution in [0.15, 0.2) is 42.9 Å². The molecule has 2 aromatic rings. The average molecular weight is 347 g/mol. The Hall–Kier alpha value is -1.95. The van der Waals surface area contributed by atoms with Crippen molar-refractivity contribution in [3.63, 3.8) is 0 Å². The molecule has 0 fully saturated rings. The van der Waals surface area contributed by atoms with Crippen LogP contribution in [0, 0.1) is 11.7 Å². The normalized spacial score (nSPS) is 13.5. The second kappa shape index (κ2) is 8.78. The summed E-state index contributed by atoms with van der Waals surface area (Å²) in [6, 6.07) is 6.14. The van der Waals surface area contributed by atoms with Crippen molar-refractivity contribution < 1.29 is 9.18 Å². The maximum Gasteiger partial charge on any atom is 0.230 e. The monoisotopic (exact) mass is 347 g/mol. The molecule has 1 aromatic carbocycles. The van der Waals surface area contributed by atoms with E-state index >= 15 is 0 Å². The first-order chi connectivity index (χ1) is 11.5. The van der Waals surface area contributed by atoms with Gasteiger partial charge in [-0.1, -0.05) is 26.0 Å². The molecule has 0 saturated carbocycles. The Labute approximate surface area is 146 Å². The topological polar surface area (TPSA) is 54.9 Å². The van der Waals surface area contributed by atoms with Gasteiger partial charge < -0.3 is 5.32 Å². The van der Waals surface area contributed by atoms with Crippen molar-refractivity contribution in [3.05, 3.63) is 59.9 Å². The van der Waals surface area contributed by atoms with Crippen molar-refractivity contribution in [2.45, 2.75) is 32.1 Å². The minimum Gasteiger partial charge on any atom is -0.348 e. The lowest BCUT2D eigenvalue weighted by molar-refractivity contribution is -0.119. The molecular weight excluding hydrogens is 325 g/mol. The van der Waals surface area contributed by atoms with Crippen LogP contribution in [0.3, 0.4) is 0 Å². The number of benzene rings is 1. The fourth-order valence-corrected chi connectivity index (χ4v) is 3.10. The van der Waals surface area contributed by atoms with Gasteiger partial charge in [0.05, 0.1) is 17.5 Å². The lowest BCUT2D eigenvalue weighted by atomic mass is 9.96. The molecule has 0 spiro atoms. The summed E-state index contributed by atoms with van der Waals surface area (Å²) in [5.74, 6) is 0.226. The lowest BCUT2D eigenvalue weighted by Gasteiger charge is -2.23. The Morgan fingerprint density at radius 2 is 1.92 bits per heavy atom. The van der Waals surface area contributed by atoms with E-state index in [9.17, 15) is 9.18 Å². The molecule has 0 aliphatic heterocycles. The first kappa shape index (κ1) is 18.4. The van der Waals surface area contributed by atoms with E-state index in [1.807, 2.05) is 20.8 Å². The summed E-state index contributed by atoms with van der Waals surface area (Å²) < 4.78 is 13.1. The molecule has 4 nitrogen and oxygen atoms in total. The van der Waals surface area contributed by atoms with E-state index in [-0.39, 0.29) is 28.9 Å². The SMILES string of the molecule is CC(SCC(=O)NC(c1ccc(F)cc1)C(C)C)c1cnccn1. The largest absolute Gasteiger partial charge is 0.348 e. The van der Waals surface area contributed by atoms with Crippen LogP contribution in [-0.2, 0) is 4.79 Å². The zero-order chi connectivity index (χ0) is 17.5. The highest BCUT2D eigenvalue weighted by atomic mass is 32.2. The molecule has 0 bridgehead atoms. The van der Waals surface area contributed by atoms with Gasteiger partial charge in [0.1, 0.15) is 5.82 Å². The number of hydrogen-bond donors (Lipinski definition) is 1. The first-order valence-corrected chi connectivity index (χ1v) is 8.94. The molecular formula is C18H22FN3OS. The van der Waals surface area contributed by atoms with Gasteiger partial charge in [-0.25, -0.2) is 4.39 Å². The highest BCUT2D eigenvalue weighted by molar-refractivity contribution is 8.00. The Bertz CT molecular complexity index is 649.